The van der Waals surface area contributed by atoms with Crippen molar-refractivity contribution in [2.24, 2.45) is 0 Å². The first-order valence-electron chi connectivity index (χ1n) is 6.96. The predicted molar refractivity (Wildman–Crippen MR) is 79.5 cm³/mol. The van der Waals surface area contributed by atoms with E-state index < -0.39 is 0 Å². The molecule has 1 heterocycles. The largest absolute Gasteiger partial charge is 0.508 e. The van der Waals surface area contributed by atoms with Crippen LogP contribution in [0, 0.1) is 6.92 Å². The Morgan fingerprint density at radius 3 is 2.68 bits per heavy atom. The monoisotopic (exact) mass is 260 g/mol. The molecule has 1 fully saturated rings. The topological polar surface area (TPSA) is 35.5 Å². The summed E-state index contributed by atoms with van der Waals surface area (Å²) in [5.41, 5.74) is 3.27. The molecule has 0 amide bonds. The zero-order chi connectivity index (χ0) is 13.8. The van der Waals surface area contributed by atoms with Gasteiger partial charge in [0.2, 0.25) is 0 Å². The van der Waals surface area contributed by atoms with Crippen LogP contribution in [0.4, 0.5) is 0 Å². The Morgan fingerprint density at radius 1 is 1.42 bits per heavy atom. The van der Waals surface area contributed by atoms with Crippen molar-refractivity contribution in [3.63, 3.8) is 0 Å². The van der Waals surface area contributed by atoms with Crippen LogP contribution in [0.2, 0.25) is 0 Å². The van der Waals surface area contributed by atoms with Crippen molar-refractivity contribution >= 4 is 0 Å². The van der Waals surface area contributed by atoms with Gasteiger partial charge in [-0.05, 0) is 31.9 Å². The number of rotatable bonds is 4. The molecule has 1 aliphatic heterocycles. The lowest BCUT2D eigenvalue weighted by molar-refractivity contribution is 0.170. The van der Waals surface area contributed by atoms with E-state index in [0.717, 1.165) is 49.3 Å². The molecule has 0 aromatic heterocycles. The lowest BCUT2D eigenvalue weighted by Crippen LogP contribution is -2.45. The Hall–Kier alpha value is -1.32. The van der Waals surface area contributed by atoms with Crippen molar-refractivity contribution in [1.82, 2.24) is 10.2 Å². The highest BCUT2D eigenvalue weighted by atomic mass is 16.3. The standard InChI is InChI=1S/C16H24N2O/c1-12(2)10-15(18-8-6-17-7-9-18)14-5-4-13(3)11-16(14)19/h4-5,11,15,17,19H,1,6-10H2,2-3H3/t15-/m1/s1. The third kappa shape index (κ3) is 3.58. The van der Waals surface area contributed by atoms with Crippen molar-refractivity contribution in [1.29, 1.82) is 0 Å². The number of nitrogens with zero attached hydrogens (tertiary/aromatic N) is 1. The van der Waals surface area contributed by atoms with Gasteiger partial charge in [0.05, 0.1) is 0 Å². The van der Waals surface area contributed by atoms with Crippen molar-refractivity contribution in [3.05, 3.63) is 41.5 Å². The first-order chi connectivity index (χ1) is 9.08. The SMILES string of the molecule is C=C(C)C[C@H](c1ccc(C)cc1O)N1CCNCC1. The average molecular weight is 260 g/mol. The summed E-state index contributed by atoms with van der Waals surface area (Å²) in [5, 5.41) is 13.6. The molecule has 3 nitrogen and oxygen atoms in total. The Bertz CT molecular complexity index is 450. The van der Waals surface area contributed by atoms with Gasteiger partial charge in [-0.1, -0.05) is 17.7 Å². The van der Waals surface area contributed by atoms with E-state index >= 15 is 0 Å². The second-order valence-corrected chi connectivity index (χ2v) is 5.53. The minimum Gasteiger partial charge on any atom is -0.508 e. The Kier molecular flexibility index (Phi) is 4.61. The van der Waals surface area contributed by atoms with Gasteiger partial charge in [-0.15, -0.1) is 6.58 Å². The molecule has 19 heavy (non-hydrogen) atoms. The first kappa shape index (κ1) is 14.1. The zero-order valence-corrected chi connectivity index (χ0v) is 11.9. The fraction of sp³-hybridized carbons (Fsp3) is 0.500. The zero-order valence-electron chi connectivity index (χ0n) is 11.9. The molecule has 0 bridgehead atoms. The number of aryl methyl sites for hydroxylation is 1. The normalized spacial score (nSPS) is 18.2. The molecule has 1 aromatic rings. The molecular formula is C16H24N2O. The number of phenols is 1. The molecular weight excluding hydrogens is 236 g/mol. The van der Waals surface area contributed by atoms with Crippen molar-refractivity contribution in [2.75, 3.05) is 26.2 Å². The van der Waals surface area contributed by atoms with E-state index in [1.165, 1.54) is 0 Å². The van der Waals surface area contributed by atoms with Crippen LogP contribution in [0.1, 0.15) is 30.5 Å². The third-order valence-electron chi connectivity index (χ3n) is 3.68. The number of nitrogens with one attached hydrogen (secondary N) is 1. The Labute approximate surface area is 115 Å². The summed E-state index contributed by atoms with van der Waals surface area (Å²) >= 11 is 0. The highest BCUT2D eigenvalue weighted by Crippen LogP contribution is 2.33. The molecule has 0 aliphatic carbocycles. The summed E-state index contributed by atoms with van der Waals surface area (Å²) in [6.45, 7) is 12.2. The minimum atomic E-state index is 0.236. The molecule has 3 heteroatoms. The summed E-state index contributed by atoms with van der Waals surface area (Å²) < 4.78 is 0. The van der Waals surface area contributed by atoms with Crippen LogP contribution >= 0.6 is 0 Å². The van der Waals surface area contributed by atoms with Crippen molar-refractivity contribution < 1.29 is 5.11 Å². The van der Waals surface area contributed by atoms with Gasteiger partial charge in [0.1, 0.15) is 5.75 Å². The summed E-state index contributed by atoms with van der Waals surface area (Å²) in [5.74, 6) is 0.407. The molecule has 1 saturated heterocycles. The van der Waals surface area contributed by atoms with Gasteiger partial charge < -0.3 is 10.4 Å². The molecule has 1 atom stereocenters. The highest BCUT2D eigenvalue weighted by molar-refractivity contribution is 5.38. The van der Waals surface area contributed by atoms with E-state index in [-0.39, 0.29) is 6.04 Å². The smallest absolute Gasteiger partial charge is 0.120 e. The Morgan fingerprint density at radius 2 is 2.11 bits per heavy atom. The molecule has 1 aliphatic rings. The maximum atomic E-state index is 10.2. The molecule has 2 rings (SSSR count). The lowest BCUT2D eigenvalue weighted by atomic mass is 9.96. The van der Waals surface area contributed by atoms with Gasteiger partial charge >= 0.3 is 0 Å². The van der Waals surface area contributed by atoms with Crippen molar-refractivity contribution in [3.8, 4) is 5.75 Å². The van der Waals surface area contributed by atoms with E-state index in [0.29, 0.717) is 5.75 Å². The maximum Gasteiger partial charge on any atom is 0.120 e. The van der Waals surface area contributed by atoms with Gasteiger partial charge in [0, 0.05) is 37.8 Å². The number of phenolic OH excluding ortho intramolecular Hbond substituents is 1. The molecule has 104 valence electrons. The molecule has 2 N–H and O–H groups in total. The Balaban J connectivity index is 2.27. The van der Waals surface area contributed by atoms with Crippen LogP contribution in [-0.4, -0.2) is 36.2 Å². The van der Waals surface area contributed by atoms with Gasteiger partial charge in [-0.25, -0.2) is 0 Å². The number of piperazine rings is 1. The fourth-order valence-electron chi connectivity index (χ4n) is 2.70. The van der Waals surface area contributed by atoms with Crippen LogP contribution in [0.5, 0.6) is 5.75 Å². The summed E-state index contributed by atoms with van der Waals surface area (Å²) in [7, 11) is 0. The predicted octanol–water partition coefficient (Wildman–Crippen LogP) is 2.61. The van der Waals surface area contributed by atoms with E-state index in [4.69, 9.17) is 0 Å². The third-order valence-corrected chi connectivity index (χ3v) is 3.68. The quantitative estimate of drug-likeness (QED) is 0.817. The minimum absolute atomic E-state index is 0.236. The maximum absolute atomic E-state index is 10.2. The second-order valence-electron chi connectivity index (χ2n) is 5.53. The van der Waals surface area contributed by atoms with Gasteiger partial charge in [0.15, 0.2) is 0 Å². The van der Waals surface area contributed by atoms with E-state index in [1.807, 2.05) is 13.0 Å². The van der Waals surface area contributed by atoms with Crippen LogP contribution in [0.15, 0.2) is 30.4 Å². The first-order valence-corrected chi connectivity index (χ1v) is 6.96. The number of aromatic hydroxyl groups is 1. The summed E-state index contributed by atoms with van der Waals surface area (Å²) in [6.07, 6.45) is 0.899. The van der Waals surface area contributed by atoms with E-state index in [9.17, 15) is 5.11 Å². The highest BCUT2D eigenvalue weighted by Gasteiger charge is 2.24. The van der Waals surface area contributed by atoms with Crippen LogP contribution < -0.4 is 5.32 Å². The molecule has 1 aromatic carbocycles. The van der Waals surface area contributed by atoms with Crippen LogP contribution in [0.25, 0.3) is 0 Å². The van der Waals surface area contributed by atoms with E-state index in [1.54, 1.807) is 0 Å². The van der Waals surface area contributed by atoms with Gasteiger partial charge in [-0.3, -0.25) is 4.90 Å². The molecule has 0 unspecified atom stereocenters. The van der Waals surface area contributed by atoms with Crippen molar-refractivity contribution in [2.45, 2.75) is 26.3 Å². The second kappa shape index (κ2) is 6.22. The van der Waals surface area contributed by atoms with E-state index in [2.05, 4.69) is 35.9 Å². The number of hydrogen-bond acceptors (Lipinski definition) is 3. The molecule has 0 spiro atoms. The van der Waals surface area contributed by atoms with Gasteiger partial charge in [0.25, 0.3) is 0 Å². The summed E-state index contributed by atoms with van der Waals surface area (Å²) in [4.78, 5) is 2.44. The lowest BCUT2D eigenvalue weighted by Gasteiger charge is -2.35. The molecule has 0 radical (unpaired) electrons. The van der Waals surface area contributed by atoms with Crippen LogP contribution in [0.3, 0.4) is 0 Å². The number of hydrogen-bond donors (Lipinski definition) is 2. The van der Waals surface area contributed by atoms with Crippen LogP contribution in [-0.2, 0) is 0 Å². The average Bonchev–Trinajstić information content (AvgIpc) is 2.37. The molecule has 0 saturated carbocycles. The fourth-order valence-corrected chi connectivity index (χ4v) is 2.70. The van der Waals surface area contributed by atoms with Gasteiger partial charge in [-0.2, -0.15) is 0 Å². The summed E-state index contributed by atoms with van der Waals surface area (Å²) in [6, 6.07) is 6.21. The number of benzene rings is 1.